The van der Waals surface area contributed by atoms with Gasteiger partial charge in [0, 0.05) is 24.4 Å². The van der Waals surface area contributed by atoms with Crippen molar-refractivity contribution in [3.63, 3.8) is 0 Å². The highest BCUT2D eigenvalue weighted by molar-refractivity contribution is 6.00. The Morgan fingerprint density at radius 1 is 1.30 bits per heavy atom. The smallest absolute Gasteiger partial charge is 0.151 e. The Hall–Kier alpha value is -2.54. The minimum atomic E-state index is -0.0936. The maximum absolute atomic E-state index is 11.2. The van der Waals surface area contributed by atoms with Crippen LogP contribution in [-0.2, 0) is 11.8 Å². The average molecular weight is 310 g/mol. The highest BCUT2D eigenvalue weighted by Gasteiger charge is 2.24. The standard InChI is InChI=1S/C16H18N6O/c1-10-12-6-13-14(7-15(12)21(2)19-10)17-9-18-16(13)20-22-5-3-4-11(22)8-23/h6-9,11H,3-5H2,1-2H3,(H,17,18,20)/t11-/m0/s1. The van der Waals surface area contributed by atoms with E-state index in [0.29, 0.717) is 0 Å². The number of hydrogen-bond acceptors (Lipinski definition) is 6. The molecule has 1 atom stereocenters. The van der Waals surface area contributed by atoms with Gasteiger partial charge in [-0.3, -0.25) is 4.68 Å². The highest BCUT2D eigenvalue weighted by Crippen LogP contribution is 2.28. The van der Waals surface area contributed by atoms with E-state index in [1.807, 2.05) is 29.7 Å². The molecule has 0 unspecified atom stereocenters. The summed E-state index contributed by atoms with van der Waals surface area (Å²) < 4.78 is 1.86. The van der Waals surface area contributed by atoms with Crippen LogP contribution in [-0.4, -0.2) is 43.6 Å². The Kier molecular flexibility index (Phi) is 3.23. The number of fused-ring (bicyclic) bond motifs is 2. The molecule has 23 heavy (non-hydrogen) atoms. The molecule has 1 aliphatic heterocycles. The van der Waals surface area contributed by atoms with Gasteiger partial charge in [0.05, 0.1) is 22.8 Å². The van der Waals surface area contributed by atoms with E-state index in [-0.39, 0.29) is 6.04 Å². The summed E-state index contributed by atoms with van der Waals surface area (Å²) in [5.74, 6) is 0.730. The van der Waals surface area contributed by atoms with Crippen molar-refractivity contribution in [3.8, 4) is 0 Å². The van der Waals surface area contributed by atoms with Gasteiger partial charge >= 0.3 is 0 Å². The largest absolute Gasteiger partial charge is 0.302 e. The third-order valence-electron chi connectivity index (χ3n) is 4.50. The molecule has 2 aromatic heterocycles. The lowest BCUT2D eigenvalue weighted by molar-refractivity contribution is -0.111. The molecule has 1 saturated heterocycles. The topological polar surface area (TPSA) is 75.9 Å². The van der Waals surface area contributed by atoms with E-state index in [1.54, 1.807) is 6.33 Å². The van der Waals surface area contributed by atoms with E-state index in [4.69, 9.17) is 0 Å². The Balaban J connectivity index is 1.83. The Bertz CT molecular complexity index is 902. The van der Waals surface area contributed by atoms with Crippen LogP contribution in [0.2, 0.25) is 0 Å². The van der Waals surface area contributed by atoms with Gasteiger partial charge in [-0.05, 0) is 31.9 Å². The summed E-state index contributed by atoms with van der Waals surface area (Å²) in [6.45, 7) is 2.83. The zero-order valence-electron chi connectivity index (χ0n) is 13.2. The molecule has 1 N–H and O–H groups in total. The van der Waals surface area contributed by atoms with E-state index in [1.165, 1.54) is 0 Å². The number of carbonyl (C=O) groups is 1. The zero-order chi connectivity index (χ0) is 16.0. The van der Waals surface area contributed by atoms with Gasteiger partial charge in [-0.1, -0.05) is 0 Å². The molecule has 1 aromatic carbocycles. The van der Waals surface area contributed by atoms with Crippen LogP contribution in [0, 0.1) is 6.92 Å². The Morgan fingerprint density at radius 3 is 3.00 bits per heavy atom. The molecule has 0 aliphatic carbocycles. The van der Waals surface area contributed by atoms with Gasteiger partial charge in [-0.2, -0.15) is 5.10 Å². The summed E-state index contributed by atoms with van der Waals surface area (Å²) in [7, 11) is 1.93. The maximum Gasteiger partial charge on any atom is 0.151 e. The van der Waals surface area contributed by atoms with E-state index < -0.39 is 0 Å². The number of aldehydes is 1. The maximum atomic E-state index is 11.2. The summed E-state index contributed by atoms with van der Waals surface area (Å²) in [6.07, 6.45) is 4.43. The minimum absolute atomic E-state index is 0.0936. The van der Waals surface area contributed by atoms with Crippen molar-refractivity contribution in [1.29, 1.82) is 0 Å². The molecule has 118 valence electrons. The van der Waals surface area contributed by atoms with Gasteiger partial charge in [0.2, 0.25) is 0 Å². The third-order valence-corrected chi connectivity index (χ3v) is 4.50. The molecule has 0 amide bonds. The summed E-state index contributed by atoms with van der Waals surface area (Å²) in [4.78, 5) is 19.9. The Labute approximate surface area is 133 Å². The molecule has 0 spiro atoms. The van der Waals surface area contributed by atoms with Gasteiger partial charge in [0.1, 0.15) is 12.6 Å². The van der Waals surface area contributed by atoms with Crippen molar-refractivity contribution < 1.29 is 4.79 Å². The molecule has 0 saturated carbocycles. The van der Waals surface area contributed by atoms with Crippen LogP contribution < -0.4 is 5.43 Å². The molecule has 4 rings (SSSR count). The first-order valence-electron chi connectivity index (χ1n) is 7.74. The minimum Gasteiger partial charge on any atom is -0.302 e. The molecule has 7 nitrogen and oxygen atoms in total. The molecule has 0 bridgehead atoms. The van der Waals surface area contributed by atoms with E-state index in [0.717, 1.165) is 59.0 Å². The van der Waals surface area contributed by atoms with Crippen molar-refractivity contribution >= 4 is 33.9 Å². The van der Waals surface area contributed by atoms with Gasteiger partial charge in [0.15, 0.2) is 5.82 Å². The number of hydrogen-bond donors (Lipinski definition) is 1. The summed E-state index contributed by atoms with van der Waals surface area (Å²) in [6, 6.07) is 4.00. The van der Waals surface area contributed by atoms with Gasteiger partial charge in [-0.15, -0.1) is 0 Å². The van der Waals surface area contributed by atoms with Crippen molar-refractivity contribution in [3.05, 3.63) is 24.2 Å². The Morgan fingerprint density at radius 2 is 2.17 bits per heavy atom. The molecule has 3 aromatic rings. The first kappa shape index (κ1) is 14.1. The molecule has 1 fully saturated rings. The summed E-state index contributed by atoms with van der Waals surface area (Å²) in [5, 5.41) is 8.44. The lowest BCUT2D eigenvalue weighted by atomic mass is 10.1. The fourth-order valence-corrected chi connectivity index (χ4v) is 3.28. The van der Waals surface area contributed by atoms with Gasteiger partial charge < -0.3 is 10.2 Å². The van der Waals surface area contributed by atoms with Crippen LogP contribution in [0.4, 0.5) is 5.82 Å². The van der Waals surface area contributed by atoms with E-state index >= 15 is 0 Å². The average Bonchev–Trinajstić information content (AvgIpc) is 3.11. The summed E-state index contributed by atoms with van der Waals surface area (Å²) in [5.41, 5.74) is 6.19. The first-order chi connectivity index (χ1) is 11.2. The number of nitrogens with one attached hydrogen (secondary N) is 1. The zero-order valence-corrected chi connectivity index (χ0v) is 13.2. The van der Waals surface area contributed by atoms with Crippen LogP contribution in [0.1, 0.15) is 18.5 Å². The van der Waals surface area contributed by atoms with Crippen molar-refractivity contribution in [2.75, 3.05) is 12.0 Å². The van der Waals surface area contributed by atoms with Crippen LogP contribution in [0.25, 0.3) is 21.8 Å². The predicted molar refractivity (Wildman–Crippen MR) is 88.0 cm³/mol. The second kappa shape index (κ2) is 5.27. The molecule has 0 radical (unpaired) electrons. The van der Waals surface area contributed by atoms with Gasteiger partial charge in [0.25, 0.3) is 0 Å². The fraction of sp³-hybridized carbons (Fsp3) is 0.375. The second-order valence-electron chi connectivity index (χ2n) is 5.97. The van der Waals surface area contributed by atoms with Crippen LogP contribution in [0.5, 0.6) is 0 Å². The van der Waals surface area contributed by atoms with Crippen LogP contribution in [0.15, 0.2) is 18.5 Å². The molecule has 7 heteroatoms. The second-order valence-corrected chi connectivity index (χ2v) is 5.97. The van der Waals surface area contributed by atoms with Crippen LogP contribution >= 0.6 is 0 Å². The number of anilines is 1. The quantitative estimate of drug-likeness (QED) is 0.744. The van der Waals surface area contributed by atoms with E-state index in [9.17, 15) is 4.79 Å². The lowest BCUT2D eigenvalue weighted by Crippen LogP contribution is -2.36. The van der Waals surface area contributed by atoms with E-state index in [2.05, 4.69) is 26.6 Å². The van der Waals surface area contributed by atoms with Crippen molar-refractivity contribution in [2.24, 2.45) is 7.05 Å². The predicted octanol–water partition coefficient (Wildman–Crippen LogP) is 1.82. The molecular formula is C16H18N6O. The SMILES string of the molecule is Cc1nn(C)c2cc3ncnc(NN4CCC[C@H]4C=O)c3cc12. The summed E-state index contributed by atoms with van der Waals surface area (Å²) >= 11 is 0. The van der Waals surface area contributed by atoms with Crippen LogP contribution in [0.3, 0.4) is 0 Å². The molecule has 1 aliphatic rings. The number of aryl methyl sites for hydroxylation is 2. The number of benzene rings is 1. The number of aromatic nitrogens is 4. The number of rotatable bonds is 3. The third kappa shape index (κ3) is 2.24. The molecular weight excluding hydrogens is 292 g/mol. The highest BCUT2D eigenvalue weighted by atomic mass is 16.1. The normalized spacial score (nSPS) is 18.8. The monoisotopic (exact) mass is 310 g/mol. The fourth-order valence-electron chi connectivity index (χ4n) is 3.28. The number of hydrazine groups is 1. The van der Waals surface area contributed by atoms with Gasteiger partial charge in [-0.25, -0.2) is 15.0 Å². The van der Waals surface area contributed by atoms with Crippen molar-refractivity contribution in [1.82, 2.24) is 24.8 Å². The molecule has 3 heterocycles. The number of carbonyl (C=O) groups excluding carboxylic acids is 1. The first-order valence-corrected chi connectivity index (χ1v) is 7.74. The lowest BCUT2D eigenvalue weighted by Gasteiger charge is -2.22. The number of nitrogens with zero attached hydrogens (tertiary/aromatic N) is 5. The van der Waals surface area contributed by atoms with Crippen molar-refractivity contribution in [2.45, 2.75) is 25.8 Å².